The van der Waals surface area contributed by atoms with Crippen molar-refractivity contribution in [1.82, 2.24) is 16.0 Å². The van der Waals surface area contributed by atoms with Crippen LogP contribution in [-0.2, 0) is 53.8 Å². The van der Waals surface area contributed by atoms with Crippen molar-refractivity contribution in [3.63, 3.8) is 0 Å². The van der Waals surface area contributed by atoms with E-state index in [0.29, 0.717) is 32.1 Å². The number of alkyl halides is 2. The predicted molar refractivity (Wildman–Crippen MR) is 352 cm³/mol. The molecule has 0 aliphatic heterocycles. The summed E-state index contributed by atoms with van der Waals surface area (Å²) in [5, 5.41) is 8.21. The number of rotatable bonds is 13. The largest absolute Gasteiger partial charge is 0.444 e. The third-order valence-corrected chi connectivity index (χ3v) is 13.0. The minimum atomic E-state index is -0.789. The standard InChI is InChI=1S/C38H57N3O6.C30H40Br2N2O4/c1-25(39-32(42)45-36(5,6)7)14-15-26-22-27(24-29(23-26)28-17-19-30(20-18-28)35(2,3)4)16-21-31(40-33(43)46-37(8,9)10)41-34(44)47-38(11,12)13;1-28(2,3)23-13-11-20(12-14-23)21-16-19(17-22(18-21)25(31)32)10-15-24(33-26(35)37-29(4,5)6)34-27(36)38-30(7,8)9/h17-20,22-25H,14-16,21H2,1-13H3,(H,39,42)(H,40,41,43,44);11-14,16-18,25H,10,15H2,1-9H3,(H,33,34,35,36). The van der Waals surface area contributed by atoms with Crippen LogP contribution in [0.4, 0.5) is 24.0 Å². The predicted octanol–water partition coefficient (Wildman–Crippen LogP) is 18.5. The van der Waals surface area contributed by atoms with Crippen LogP contribution in [0.3, 0.4) is 0 Å². The summed E-state index contributed by atoms with van der Waals surface area (Å²) in [6.45, 7) is 41.8. The summed E-state index contributed by atoms with van der Waals surface area (Å²) in [5.41, 5.74) is 7.72. The minimum Gasteiger partial charge on any atom is -0.444 e. The van der Waals surface area contributed by atoms with Gasteiger partial charge in [0.05, 0.1) is 3.74 Å². The molecule has 468 valence electrons. The molecule has 3 N–H and O–H groups in total. The number of amidine groups is 2. The normalized spacial score (nSPS) is 13.2. The Morgan fingerprint density at radius 1 is 0.424 bits per heavy atom. The van der Waals surface area contributed by atoms with Crippen molar-refractivity contribution in [3.8, 4) is 22.3 Å². The number of carbonyl (C=O) groups is 5. The molecule has 0 saturated heterocycles. The van der Waals surface area contributed by atoms with E-state index in [0.717, 1.165) is 44.5 Å². The van der Waals surface area contributed by atoms with Crippen molar-refractivity contribution in [2.75, 3.05) is 0 Å². The molecule has 5 amide bonds. The Bertz CT molecular complexity index is 2960. The van der Waals surface area contributed by atoms with Crippen LogP contribution < -0.4 is 16.0 Å². The lowest BCUT2D eigenvalue weighted by atomic mass is 9.86. The van der Waals surface area contributed by atoms with Gasteiger partial charge in [0.15, 0.2) is 0 Å². The van der Waals surface area contributed by atoms with E-state index in [4.69, 9.17) is 23.7 Å². The number of alkyl carbamates (subject to hydrolysis) is 3. The zero-order valence-electron chi connectivity index (χ0n) is 54.7. The molecule has 0 heterocycles. The molecule has 17 heteroatoms. The second-order valence-electron chi connectivity index (χ2n) is 28.4. The smallest absolute Gasteiger partial charge is 0.435 e. The maximum absolute atomic E-state index is 12.6. The third kappa shape index (κ3) is 30.2. The fourth-order valence-corrected chi connectivity index (χ4v) is 8.64. The lowest BCUT2D eigenvalue weighted by Crippen LogP contribution is -2.37. The Morgan fingerprint density at radius 3 is 1.09 bits per heavy atom. The van der Waals surface area contributed by atoms with Gasteiger partial charge in [0, 0.05) is 18.9 Å². The van der Waals surface area contributed by atoms with Gasteiger partial charge in [-0.3, -0.25) is 10.6 Å². The average molecular weight is 1300 g/mol. The van der Waals surface area contributed by atoms with E-state index >= 15 is 0 Å². The Labute approximate surface area is 524 Å². The zero-order valence-corrected chi connectivity index (χ0v) is 57.9. The number of amides is 5. The van der Waals surface area contributed by atoms with E-state index in [9.17, 15) is 24.0 Å². The maximum atomic E-state index is 12.6. The number of nitrogens with one attached hydrogen (secondary N) is 3. The van der Waals surface area contributed by atoms with E-state index in [1.807, 2.05) is 27.7 Å². The molecule has 4 aromatic carbocycles. The van der Waals surface area contributed by atoms with Gasteiger partial charge in [-0.1, -0.05) is 152 Å². The number of aliphatic imine (C=N–C) groups is 2. The molecule has 85 heavy (non-hydrogen) atoms. The third-order valence-electron chi connectivity index (χ3n) is 11.9. The lowest BCUT2D eigenvalue weighted by Gasteiger charge is -2.22. The van der Waals surface area contributed by atoms with Gasteiger partial charge in [0.2, 0.25) is 0 Å². The fourth-order valence-electron chi connectivity index (χ4n) is 8.11. The van der Waals surface area contributed by atoms with Gasteiger partial charge in [-0.2, -0.15) is 9.98 Å². The van der Waals surface area contributed by atoms with E-state index in [2.05, 4.69) is 184 Å². The first-order valence-electron chi connectivity index (χ1n) is 29.1. The second kappa shape index (κ2) is 30.5. The van der Waals surface area contributed by atoms with Crippen molar-refractivity contribution in [1.29, 1.82) is 0 Å². The van der Waals surface area contributed by atoms with Crippen LogP contribution in [0.5, 0.6) is 0 Å². The minimum absolute atomic E-state index is 0.0302. The van der Waals surface area contributed by atoms with E-state index in [1.165, 1.54) is 11.1 Å². The van der Waals surface area contributed by atoms with Crippen molar-refractivity contribution >= 4 is 74.0 Å². The van der Waals surface area contributed by atoms with Crippen LogP contribution in [-0.4, -0.2) is 76.2 Å². The van der Waals surface area contributed by atoms with Gasteiger partial charge >= 0.3 is 30.5 Å². The molecular formula is C68H97Br2N5O10. The van der Waals surface area contributed by atoms with Crippen molar-refractivity contribution in [2.45, 2.75) is 239 Å². The first kappa shape index (κ1) is 73.2. The molecule has 0 saturated carbocycles. The quantitative estimate of drug-likeness (QED) is 0.0502. The van der Waals surface area contributed by atoms with Gasteiger partial charge in [-0.15, -0.1) is 0 Å². The molecule has 0 bridgehead atoms. The number of hydrogen-bond donors (Lipinski definition) is 3. The number of ether oxygens (including phenoxy) is 5. The topological polar surface area (TPSA) is 192 Å². The molecule has 1 unspecified atom stereocenters. The van der Waals surface area contributed by atoms with Gasteiger partial charge < -0.3 is 29.0 Å². The number of carbonyl (C=O) groups excluding carboxylic acids is 5. The van der Waals surface area contributed by atoms with Crippen LogP contribution in [0.25, 0.3) is 22.3 Å². The lowest BCUT2D eigenvalue weighted by molar-refractivity contribution is 0.0500. The summed E-state index contributed by atoms with van der Waals surface area (Å²) < 4.78 is 26.9. The molecule has 0 aliphatic carbocycles. The van der Waals surface area contributed by atoms with Gasteiger partial charge in [0.25, 0.3) is 0 Å². The first-order chi connectivity index (χ1) is 38.7. The van der Waals surface area contributed by atoms with Crippen molar-refractivity contribution < 1.29 is 47.7 Å². The number of halogens is 2. The maximum Gasteiger partial charge on any atom is 0.435 e. The summed E-state index contributed by atoms with van der Waals surface area (Å²) in [7, 11) is 0. The number of hydrogen-bond acceptors (Lipinski definition) is 10. The van der Waals surface area contributed by atoms with Crippen molar-refractivity contribution in [3.05, 3.63) is 118 Å². The highest BCUT2D eigenvalue weighted by Crippen LogP contribution is 2.35. The average Bonchev–Trinajstić information content (AvgIpc) is 2.59. The molecule has 0 spiro atoms. The van der Waals surface area contributed by atoms with Crippen LogP contribution >= 0.6 is 31.9 Å². The van der Waals surface area contributed by atoms with Gasteiger partial charge in [-0.05, 0) is 209 Å². The van der Waals surface area contributed by atoms with Gasteiger partial charge in [0.1, 0.15) is 39.7 Å². The Hall–Kier alpha value is -6.07. The highest BCUT2D eigenvalue weighted by atomic mass is 79.9. The first-order valence-corrected chi connectivity index (χ1v) is 30.9. The molecule has 0 aliphatic rings. The number of aryl methyl sites for hydroxylation is 3. The Morgan fingerprint density at radius 2 is 0.753 bits per heavy atom. The molecule has 0 radical (unpaired) electrons. The molecular weight excluding hydrogens is 1210 g/mol. The summed E-state index contributed by atoms with van der Waals surface area (Å²) >= 11 is 7.24. The zero-order chi connectivity index (χ0) is 64.7. The summed E-state index contributed by atoms with van der Waals surface area (Å²) in [5.74, 6) is 0.342. The Kier molecular flexibility index (Phi) is 26.3. The van der Waals surface area contributed by atoms with Gasteiger partial charge in [-0.25, -0.2) is 24.0 Å². The summed E-state index contributed by atoms with van der Waals surface area (Å²) in [4.78, 5) is 70.5. The molecule has 0 fully saturated rings. The highest BCUT2D eigenvalue weighted by Gasteiger charge is 2.24. The molecule has 4 rings (SSSR count). The van der Waals surface area contributed by atoms with E-state index in [-0.39, 0.29) is 38.7 Å². The highest BCUT2D eigenvalue weighted by molar-refractivity contribution is 9.24. The second-order valence-corrected chi connectivity index (χ2v) is 31.4. The summed E-state index contributed by atoms with van der Waals surface area (Å²) in [6.07, 6.45) is -0.345. The molecule has 15 nitrogen and oxygen atoms in total. The van der Waals surface area contributed by atoms with Crippen LogP contribution in [0.15, 0.2) is 94.9 Å². The molecule has 1 atom stereocenters. The molecule has 4 aromatic rings. The van der Waals surface area contributed by atoms with E-state index < -0.39 is 58.5 Å². The number of nitrogens with zero attached hydrogens (tertiary/aromatic N) is 2. The van der Waals surface area contributed by atoms with Crippen LogP contribution in [0, 0.1) is 0 Å². The van der Waals surface area contributed by atoms with Crippen molar-refractivity contribution in [2.24, 2.45) is 9.98 Å². The van der Waals surface area contributed by atoms with Crippen LogP contribution in [0.1, 0.15) is 209 Å². The Balaban J connectivity index is 0.000000455. The monoisotopic (exact) mass is 1300 g/mol. The van der Waals surface area contributed by atoms with E-state index in [1.54, 1.807) is 83.1 Å². The fraction of sp³-hybridized carbons (Fsp3) is 0.544. The SMILES string of the molecule is CC(C)(C)OC(=O)N=C(CCc1cc(-c2ccc(C(C)(C)C)cc2)cc(C(Br)Br)c1)NC(=O)OC(C)(C)C.CC(CCc1cc(CCC(=NC(=O)OC(C)(C)C)NC(=O)OC(C)(C)C)cc(-c2ccc(C(C)(C)C)cc2)c1)NC(=O)OC(C)(C)C. The van der Waals surface area contributed by atoms with Crippen LogP contribution in [0.2, 0.25) is 0 Å². The summed E-state index contributed by atoms with van der Waals surface area (Å²) in [6, 6.07) is 29.8. The molecule has 0 aromatic heterocycles. The number of benzene rings is 4.